The van der Waals surface area contributed by atoms with E-state index in [4.69, 9.17) is 9.47 Å². The van der Waals surface area contributed by atoms with E-state index >= 15 is 0 Å². The molecule has 1 saturated heterocycles. The van der Waals surface area contributed by atoms with Crippen LogP contribution in [0.2, 0.25) is 0 Å². The molecule has 1 fully saturated rings. The molecule has 0 aromatic heterocycles. The zero-order valence-electron chi connectivity index (χ0n) is 13.1. The van der Waals surface area contributed by atoms with Crippen LogP contribution in [0.15, 0.2) is 24.3 Å². The Morgan fingerprint density at radius 2 is 2.00 bits per heavy atom. The van der Waals surface area contributed by atoms with Crippen LogP contribution in [-0.2, 0) is 4.74 Å². The van der Waals surface area contributed by atoms with E-state index in [0.29, 0.717) is 11.8 Å². The summed E-state index contributed by atoms with van der Waals surface area (Å²) in [5, 5.41) is 0. The van der Waals surface area contributed by atoms with Crippen LogP contribution in [0.3, 0.4) is 0 Å². The van der Waals surface area contributed by atoms with Crippen LogP contribution in [0.5, 0.6) is 5.75 Å². The standard InChI is InChI=1S/C18H28O2/c1-4-6-7-15(5-2)13-19-17-10-8-16(9-11-17)18-14(3)12-20-18/h8-11,14-15,18H,4-7,12-13H2,1-3H3. The Balaban J connectivity index is 1.81. The average Bonchev–Trinajstić information content (AvgIpc) is 2.47. The van der Waals surface area contributed by atoms with Crippen LogP contribution in [0, 0.1) is 11.8 Å². The number of benzene rings is 1. The normalized spacial score (nSPS) is 23.1. The topological polar surface area (TPSA) is 18.5 Å². The maximum Gasteiger partial charge on any atom is 0.119 e. The predicted octanol–water partition coefficient (Wildman–Crippen LogP) is 4.99. The van der Waals surface area contributed by atoms with Crippen molar-refractivity contribution in [2.24, 2.45) is 11.8 Å². The molecule has 3 unspecified atom stereocenters. The van der Waals surface area contributed by atoms with Gasteiger partial charge < -0.3 is 9.47 Å². The quantitative estimate of drug-likeness (QED) is 0.666. The molecule has 0 N–H and O–H groups in total. The highest BCUT2D eigenvalue weighted by Crippen LogP contribution is 2.35. The summed E-state index contributed by atoms with van der Waals surface area (Å²) in [7, 11) is 0. The average molecular weight is 276 g/mol. The lowest BCUT2D eigenvalue weighted by Gasteiger charge is -2.34. The van der Waals surface area contributed by atoms with Gasteiger partial charge in [0, 0.05) is 5.92 Å². The highest BCUT2D eigenvalue weighted by Gasteiger charge is 2.29. The number of ether oxygens (including phenoxy) is 2. The summed E-state index contributed by atoms with van der Waals surface area (Å²) in [5.41, 5.74) is 1.27. The van der Waals surface area contributed by atoms with E-state index < -0.39 is 0 Å². The first-order valence-electron chi connectivity index (χ1n) is 8.09. The van der Waals surface area contributed by atoms with Crippen molar-refractivity contribution in [2.45, 2.75) is 52.6 Å². The second-order valence-corrected chi connectivity index (χ2v) is 6.03. The lowest BCUT2D eigenvalue weighted by Crippen LogP contribution is -2.29. The molecule has 112 valence electrons. The van der Waals surface area contributed by atoms with Crippen molar-refractivity contribution in [3.8, 4) is 5.75 Å². The van der Waals surface area contributed by atoms with Gasteiger partial charge in [0.25, 0.3) is 0 Å². The molecule has 0 bridgehead atoms. The molecule has 20 heavy (non-hydrogen) atoms. The van der Waals surface area contributed by atoms with Gasteiger partial charge in [-0.05, 0) is 30.0 Å². The zero-order valence-corrected chi connectivity index (χ0v) is 13.1. The Labute approximate surface area is 123 Å². The van der Waals surface area contributed by atoms with Crippen LogP contribution < -0.4 is 4.74 Å². The minimum atomic E-state index is 0.289. The summed E-state index contributed by atoms with van der Waals surface area (Å²) in [4.78, 5) is 0. The van der Waals surface area contributed by atoms with Crippen molar-refractivity contribution < 1.29 is 9.47 Å². The Hall–Kier alpha value is -1.02. The van der Waals surface area contributed by atoms with Crippen LogP contribution in [-0.4, -0.2) is 13.2 Å². The van der Waals surface area contributed by atoms with Gasteiger partial charge in [-0.2, -0.15) is 0 Å². The van der Waals surface area contributed by atoms with E-state index in [1.54, 1.807) is 0 Å². The maximum absolute atomic E-state index is 5.93. The molecule has 0 radical (unpaired) electrons. The van der Waals surface area contributed by atoms with E-state index in [-0.39, 0.29) is 6.10 Å². The zero-order chi connectivity index (χ0) is 14.4. The molecule has 1 aliphatic rings. The molecule has 2 nitrogen and oxygen atoms in total. The number of rotatable bonds is 8. The molecule has 0 amide bonds. The van der Waals surface area contributed by atoms with Crippen molar-refractivity contribution in [1.82, 2.24) is 0 Å². The van der Waals surface area contributed by atoms with Gasteiger partial charge in [-0.3, -0.25) is 0 Å². The van der Waals surface area contributed by atoms with Crippen molar-refractivity contribution >= 4 is 0 Å². The van der Waals surface area contributed by atoms with E-state index in [9.17, 15) is 0 Å². The molecule has 0 spiro atoms. The van der Waals surface area contributed by atoms with E-state index in [1.807, 2.05) is 0 Å². The Kier molecular flexibility index (Phi) is 5.90. The van der Waals surface area contributed by atoms with Gasteiger partial charge in [-0.25, -0.2) is 0 Å². The third-order valence-electron chi connectivity index (χ3n) is 4.29. The van der Waals surface area contributed by atoms with E-state index in [1.165, 1.54) is 31.2 Å². The van der Waals surface area contributed by atoms with Gasteiger partial charge in [0.1, 0.15) is 5.75 Å². The molecular weight excluding hydrogens is 248 g/mol. The van der Waals surface area contributed by atoms with Crippen LogP contribution in [0.4, 0.5) is 0 Å². The van der Waals surface area contributed by atoms with Crippen molar-refractivity contribution in [1.29, 1.82) is 0 Å². The highest BCUT2D eigenvalue weighted by atomic mass is 16.5. The number of unbranched alkanes of at least 4 members (excludes halogenated alkanes) is 1. The lowest BCUT2D eigenvalue weighted by molar-refractivity contribution is -0.109. The molecule has 3 atom stereocenters. The molecule has 0 aliphatic carbocycles. The molecule has 1 aliphatic heterocycles. The summed E-state index contributed by atoms with van der Waals surface area (Å²) in [6, 6.07) is 8.44. The fourth-order valence-electron chi connectivity index (χ4n) is 2.68. The van der Waals surface area contributed by atoms with E-state index in [2.05, 4.69) is 45.0 Å². The Morgan fingerprint density at radius 3 is 2.50 bits per heavy atom. The maximum atomic E-state index is 5.93. The highest BCUT2D eigenvalue weighted by molar-refractivity contribution is 5.29. The van der Waals surface area contributed by atoms with Gasteiger partial charge in [-0.15, -0.1) is 0 Å². The number of hydrogen-bond acceptors (Lipinski definition) is 2. The third kappa shape index (κ3) is 3.99. The molecular formula is C18H28O2. The fraction of sp³-hybridized carbons (Fsp3) is 0.667. The van der Waals surface area contributed by atoms with Gasteiger partial charge in [0.05, 0.1) is 19.3 Å². The molecule has 0 saturated carbocycles. The van der Waals surface area contributed by atoms with Gasteiger partial charge in [0.2, 0.25) is 0 Å². The van der Waals surface area contributed by atoms with Crippen LogP contribution >= 0.6 is 0 Å². The molecule has 1 aromatic carbocycles. The summed E-state index contributed by atoms with van der Waals surface area (Å²) >= 11 is 0. The second kappa shape index (κ2) is 7.68. The SMILES string of the molecule is CCCCC(CC)COc1ccc(C2OCC2C)cc1. The smallest absolute Gasteiger partial charge is 0.119 e. The van der Waals surface area contributed by atoms with E-state index in [0.717, 1.165) is 19.0 Å². The molecule has 2 rings (SSSR count). The van der Waals surface area contributed by atoms with Crippen molar-refractivity contribution in [3.05, 3.63) is 29.8 Å². The Bertz CT molecular complexity index is 385. The first-order valence-corrected chi connectivity index (χ1v) is 8.09. The monoisotopic (exact) mass is 276 g/mol. The minimum Gasteiger partial charge on any atom is -0.493 e. The third-order valence-corrected chi connectivity index (χ3v) is 4.29. The summed E-state index contributed by atoms with van der Waals surface area (Å²) in [6.45, 7) is 8.46. The summed E-state index contributed by atoms with van der Waals surface area (Å²) in [5.74, 6) is 2.31. The lowest BCUT2D eigenvalue weighted by atomic mass is 9.93. The molecule has 1 aromatic rings. The molecule has 1 heterocycles. The minimum absolute atomic E-state index is 0.289. The Morgan fingerprint density at radius 1 is 1.25 bits per heavy atom. The first-order chi connectivity index (χ1) is 9.74. The second-order valence-electron chi connectivity index (χ2n) is 6.03. The summed E-state index contributed by atoms with van der Waals surface area (Å²) < 4.78 is 11.5. The van der Waals surface area contributed by atoms with Crippen molar-refractivity contribution in [2.75, 3.05) is 13.2 Å². The van der Waals surface area contributed by atoms with Crippen molar-refractivity contribution in [3.63, 3.8) is 0 Å². The number of hydrogen-bond donors (Lipinski definition) is 0. The predicted molar refractivity (Wildman–Crippen MR) is 83.1 cm³/mol. The fourth-order valence-corrected chi connectivity index (χ4v) is 2.68. The molecule has 2 heteroatoms. The first kappa shape index (κ1) is 15.4. The van der Waals surface area contributed by atoms with Crippen LogP contribution in [0.25, 0.3) is 0 Å². The largest absolute Gasteiger partial charge is 0.493 e. The van der Waals surface area contributed by atoms with Gasteiger partial charge in [0.15, 0.2) is 0 Å². The summed E-state index contributed by atoms with van der Waals surface area (Å²) in [6.07, 6.45) is 5.34. The van der Waals surface area contributed by atoms with Crippen LogP contribution in [0.1, 0.15) is 58.1 Å². The van der Waals surface area contributed by atoms with Gasteiger partial charge >= 0.3 is 0 Å². The van der Waals surface area contributed by atoms with Gasteiger partial charge in [-0.1, -0.05) is 52.2 Å².